The summed E-state index contributed by atoms with van der Waals surface area (Å²) in [7, 11) is 0. The average Bonchev–Trinajstić information content (AvgIpc) is 3.11. The van der Waals surface area contributed by atoms with Crippen LogP contribution in [0.3, 0.4) is 0 Å². The average molecular weight is 326 g/mol. The van der Waals surface area contributed by atoms with E-state index in [1.807, 2.05) is 18.3 Å². The molecule has 0 aromatic carbocycles. The van der Waals surface area contributed by atoms with Gasteiger partial charge in [-0.1, -0.05) is 0 Å². The Bertz CT molecular complexity index is 496. The summed E-state index contributed by atoms with van der Waals surface area (Å²) in [5.41, 5.74) is 1.23. The number of rotatable bonds is 4. The normalized spacial score (nSPS) is 20.5. The maximum atomic E-state index is 11.2. The molecule has 1 aromatic heterocycles. The van der Waals surface area contributed by atoms with Crippen molar-refractivity contribution in [1.29, 1.82) is 0 Å². The molecule has 0 radical (unpaired) electrons. The summed E-state index contributed by atoms with van der Waals surface area (Å²) in [5.74, 6) is -0.167. The molecule has 1 aliphatic carbocycles. The Morgan fingerprint density at radius 2 is 2.28 bits per heavy atom. The fourth-order valence-corrected chi connectivity index (χ4v) is 8.03. The molecule has 0 bridgehead atoms. The van der Waals surface area contributed by atoms with Gasteiger partial charge >= 0.3 is 116 Å². The van der Waals surface area contributed by atoms with Crippen LogP contribution in [0, 0.1) is 0 Å². The van der Waals surface area contributed by atoms with Crippen molar-refractivity contribution in [2.45, 2.75) is 22.8 Å². The van der Waals surface area contributed by atoms with Gasteiger partial charge < -0.3 is 0 Å². The number of aromatic nitrogens is 1. The van der Waals surface area contributed by atoms with Crippen molar-refractivity contribution in [2.24, 2.45) is 0 Å². The number of nitrogens with zero attached hydrogens (tertiary/aromatic N) is 1. The number of carbonyl (C=O) groups is 1. The summed E-state index contributed by atoms with van der Waals surface area (Å²) >= 11 is 4.62. The predicted octanol–water partition coefficient (Wildman–Crippen LogP) is 2.50. The summed E-state index contributed by atoms with van der Waals surface area (Å²) in [5, 5.41) is 1.59. The maximum absolute atomic E-state index is 11.2. The van der Waals surface area contributed by atoms with Crippen LogP contribution in [-0.2, 0) is 14.7 Å². The van der Waals surface area contributed by atoms with Gasteiger partial charge in [0.15, 0.2) is 0 Å². The number of ether oxygens (including phenoxy) is 1. The van der Waals surface area contributed by atoms with Crippen LogP contribution in [0.2, 0.25) is 9.86 Å². The van der Waals surface area contributed by atoms with Gasteiger partial charge in [0, 0.05) is 0 Å². The fraction of sp³-hybridized carbons (Fsp3) is 0.385. The van der Waals surface area contributed by atoms with Gasteiger partial charge in [-0.3, -0.25) is 0 Å². The molecule has 0 saturated heterocycles. The van der Waals surface area contributed by atoms with Crippen molar-refractivity contribution in [3.05, 3.63) is 39.5 Å². The number of carbonyl (C=O) groups excluding carboxylic acids is 1. The van der Waals surface area contributed by atoms with E-state index in [1.54, 1.807) is 6.08 Å². The van der Waals surface area contributed by atoms with E-state index >= 15 is 0 Å². The Labute approximate surface area is 115 Å². The Hall–Kier alpha value is -0.792. The van der Waals surface area contributed by atoms with E-state index in [0.29, 0.717) is 11.8 Å². The monoisotopic (exact) mass is 325 g/mol. The first-order valence-corrected chi connectivity index (χ1v) is 9.69. The number of pyridine rings is 1. The molecule has 1 fully saturated rings. The van der Waals surface area contributed by atoms with E-state index in [9.17, 15) is 4.79 Å². The zero-order chi connectivity index (χ0) is 12.5. The minimum atomic E-state index is -1.17. The first kappa shape index (κ1) is 12.3. The van der Waals surface area contributed by atoms with Gasteiger partial charge in [0.05, 0.1) is 0 Å². The van der Waals surface area contributed by atoms with Gasteiger partial charge in [-0.15, -0.1) is 0 Å². The standard InChI is InChI=1S/C13H13AsClNO2/c15-12-4-1-9(7-16-12)6-14(10-2-3-10)11-5-13(17)18-8-11/h1,4-5,7,10H,2-3,6,8H2. The molecule has 2 heterocycles. The zero-order valence-corrected chi connectivity index (χ0v) is 12.4. The molecule has 0 amide bonds. The van der Waals surface area contributed by atoms with Gasteiger partial charge in [0.2, 0.25) is 0 Å². The van der Waals surface area contributed by atoms with Crippen LogP contribution in [0.25, 0.3) is 0 Å². The SMILES string of the molecule is O=C1C=C([As](Cc2ccc(Cl)nc2)C2CC2)CO1. The summed E-state index contributed by atoms with van der Waals surface area (Å²) in [6.07, 6.45) is 6.20. The fourth-order valence-electron chi connectivity index (χ4n) is 2.08. The Kier molecular flexibility index (Phi) is 3.45. The summed E-state index contributed by atoms with van der Waals surface area (Å²) < 4.78 is 7.17. The van der Waals surface area contributed by atoms with Crippen LogP contribution in [0.4, 0.5) is 0 Å². The first-order valence-electron chi connectivity index (χ1n) is 5.97. The van der Waals surface area contributed by atoms with Gasteiger partial charge in [-0.05, 0) is 0 Å². The Morgan fingerprint density at radius 1 is 1.44 bits per heavy atom. The molecular formula is C13H13AsClNO2. The molecule has 94 valence electrons. The molecule has 18 heavy (non-hydrogen) atoms. The summed E-state index contributed by atoms with van der Waals surface area (Å²) in [6.45, 7) is 0.524. The molecule has 1 aromatic rings. The van der Waals surface area contributed by atoms with Crippen LogP contribution in [-0.4, -0.2) is 32.2 Å². The Morgan fingerprint density at radius 3 is 2.83 bits per heavy atom. The predicted molar refractivity (Wildman–Crippen MR) is 70.7 cm³/mol. The molecule has 5 heteroatoms. The van der Waals surface area contributed by atoms with Crippen molar-refractivity contribution in [2.75, 3.05) is 6.61 Å². The number of hydrogen-bond donors (Lipinski definition) is 0. The van der Waals surface area contributed by atoms with Crippen molar-refractivity contribution < 1.29 is 9.53 Å². The van der Waals surface area contributed by atoms with E-state index in [-0.39, 0.29) is 5.97 Å². The van der Waals surface area contributed by atoms with Crippen LogP contribution in [0.1, 0.15) is 18.4 Å². The van der Waals surface area contributed by atoms with E-state index < -0.39 is 14.7 Å². The molecule has 3 nitrogen and oxygen atoms in total. The van der Waals surface area contributed by atoms with E-state index in [4.69, 9.17) is 16.3 Å². The Balaban J connectivity index is 1.76. The van der Waals surface area contributed by atoms with Crippen LogP contribution in [0.15, 0.2) is 28.8 Å². The van der Waals surface area contributed by atoms with E-state index in [1.165, 1.54) is 22.8 Å². The topological polar surface area (TPSA) is 39.2 Å². The third-order valence-electron chi connectivity index (χ3n) is 3.14. The van der Waals surface area contributed by atoms with Crippen molar-refractivity contribution in [1.82, 2.24) is 4.98 Å². The third kappa shape index (κ3) is 2.78. The summed E-state index contributed by atoms with van der Waals surface area (Å²) in [4.78, 5) is 15.3. The van der Waals surface area contributed by atoms with E-state index in [0.717, 1.165) is 9.91 Å². The second-order valence-electron chi connectivity index (χ2n) is 4.59. The summed E-state index contributed by atoms with van der Waals surface area (Å²) in [6, 6.07) is 3.87. The molecule has 0 N–H and O–H groups in total. The van der Waals surface area contributed by atoms with Crippen LogP contribution < -0.4 is 0 Å². The molecular weight excluding hydrogens is 313 g/mol. The number of cyclic esters (lactones) is 1. The van der Waals surface area contributed by atoms with Crippen molar-refractivity contribution in [3.8, 4) is 0 Å². The second-order valence-corrected chi connectivity index (χ2v) is 10.4. The number of halogens is 1. The minimum absolute atomic E-state index is 0.167. The van der Waals surface area contributed by atoms with Gasteiger partial charge in [-0.2, -0.15) is 0 Å². The zero-order valence-electron chi connectivity index (χ0n) is 9.80. The molecule has 3 rings (SSSR count). The molecule has 1 atom stereocenters. The number of hydrogen-bond acceptors (Lipinski definition) is 3. The molecule has 1 saturated carbocycles. The van der Waals surface area contributed by atoms with Gasteiger partial charge in [0.25, 0.3) is 0 Å². The second kappa shape index (κ2) is 5.06. The number of esters is 1. The van der Waals surface area contributed by atoms with E-state index in [2.05, 4.69) is 4.98 Å². The van der Waals surface area contributed by atoms with Crippen molar-refractivity contribution >= 4 is 32.2 Å². The van der Waals surface area contributed by atoms with Crippen LogP contribution >= 0.6 is 11.6 Å². The molecule has 2 aliphatic rings. The molecule has 0 spiro atoms. The first-order chi connectivity index (χ1) is 8.72. The third-order valence-corrected chi connectivity index (χ3v) is 9.87. The quantitative estimate of drug-likeness (QED) is 0.485. The van der Waals surface area contributed by atoms with Gasteiger partial charge in [-0.25, -0.2) is 0 Å². The molecule has 1 aliphatic heterocycles. The van der Waals surface area contributed by atoms with Crippen LogP contribution in [0.5, 0.6) is 0 Å². The molecule has 1 unspecified atom stereocenters. The van der Waals surface area contributed by atoms with Crippen molar-refractivity contribution in [3.63, 3.8) is 0 Å². The van der Waals surface area contributed by atoms with Gasteiger partial charge in [0.1, 0.15) is 0 Å².